The Kier molecular flexibility index (Phi) is 6.74. The molecule has 0 saturated carbocycles. The van der Waals surface area contributed by atoms with Gasteiger partial charge in [0.1, 0.15) is 0 Å². The number of carbonyl (C=O) groups is 1. The van der Waals surface area contributed by atoms with Gasteiger partial charge in [-0.3, -0.25) is 14.9 Å². The lowest BCUT2D eigenvalue weighted by Gasteiger charge is -2.12. The van der Waals surface area contributed by atoms with E-state index in [1.54, 1.807) is 44.6 Å². The highest BCUT2D eigenvalue weighted by atomic mass is 79.9. The van der Waals surface area contributed by atoms with Gasteiger partial charge in [-0.2, -0.15) is 0 Å². The number of ether oxygens (including phenoxy) is 2. The van der Waals surface area contributed by atoms with Gasteiger partial charge in [-0.25, -0.2) is 0 Å². The van der Waals surface area contributed by atoms with Crippen LogP contribution in [0.5, 0.6) is 11.5 Å². The van der Waals surface area contributed by atoms with Gasteiger partial charge in [0.25, 0.3) is 5.69 Å². The molecule has 0 aliphatic heterocycles. The number of benzene rings is 2. The van der Waals surface area contributed by atoms with E-state index < -0.39 is 4.92 Å². The molecule has 0 spiro atoms. The highest BCUT2D eigenvalue weighted by molar-refractivity contribution is 9.10. The monoisotopic (exact) mass is 420 g/mol. The van der Waals surface area contributed by atoms with Gasteiger partial charge in [-0.1, -0.05) is 15.9 Å². The molecule has 0 aliphatic rings. The van der Waals surface area contributed by atoms with Crippen molar-refractivity contribution in [3.8, 4) is 11.5 Å². The number of methoxy groups -OCH3 is 2. The molecule has 0 radical (unpaired) electrons. The van der Waals surface area contributed by atoms with Gasteiger partial charge >= 0.3 is 0 Å². The van der Waals surface area contributed by atoms with Crippen LogP contribution in [0.2, 0.25) is 0 Å². The molecule has 1 N–H and O–H groups in total. The second-order valence-corrected chi connectivity index (χ2v) is 6.05. The first kappa shape index (κ1) is 19.5. The number of nitro benzene ring substituents is 1. The molecule has 2 rings (SSSR count). The molecule has 2 aromatic rings. The minimum absolute atomic E-state index is 0.00454. The smallest absolute Gasteiger partial charge is 0.269 e. The van der Waals surface area contributed by atoms with E-state index in [0.29, 0.717) is 23.6 Å². The van der Waals surface area contributed by atoms with E-state index in [-0.39, 0.29) is 11.6 Å². The van der Waals surface area contributed by atoms with Crippen molar-refractivity contribution in [2.24, 2.45) is 0 Å². The van der Waals surface area contributed by atoms with Crippen molar-refractivity contribution in [2.75, 3.05) is 14.2 Å². The Balaban J connectivity index is 1.99. The molecule has 8 heteroatoms. The molecule has 0 unspecified atom stereocenters. The summed E-state index contributed by atoms with van der Waals surface area (Å²) in [5.74, 6) is 0.874. The zero-order chi connectivity index (χ0) is 19.1. The van der Waals surface area contributed by atoms with Crippen molar-refractivity contribution >= 4 is 33.6 Å². The Bertz CT molecular complexity index is 834. The lowest BCUT2D eigenvalue weighted by molar-refractivity contribution is -0.384. The zero-order valence-electron chi connectivity index (χ0n) is 14.2. The van der Waals surface area contributed by atoms with Crippen molar-refractivity contribution in [3.63, 3.8) is 0 Å². The number of hydrogen-bond donors (Lipinski definition) is 1. The van der Waals surface area contributed by atoms with E-state index in [1.165, 1.54) is 18.2 Å². The fourth-order valence-electron chi connectivity index (χ4n) is 2.15. The number of hydrogen-bond acceptors (Lipinski definition) is 5. The maximum absolute atomic E-state index is 12.0. The molecule has 0 bridgehead atoms. The van der Waals surface area contributed by atoms with Gasteiger partial charge in [-0.15, -0.1) is 0 Å². The highest BCUT2D eigenvalue weighted by Crippen LogP contribution is 2.33. The number of nitrogens with one attached hydrogen (secondary N) is 1. The van der Waals surface area contributed by atoms with Crippen LogP contribution < -0.4 is 14.8 Å². The molecule has 0 fully saturated rings. The Morgan fingerprint density at radius 1 is 1.19 bits per heavy atom. The quantitative estimate of drug-likeness (QED) is 0.418. The van der Waals surface area contributed by atoms with Crippen molar-refractivity contribution in [2.45, 2.75) is 6.54 Å². The van der Waals surface area contributed by atoms with E-state index in [1.807, 2.05) is 0 Å². The first-order valence-electron chi connectivity index (χ1n) is 7.55. The van der Waals surface area contributed by atoms with Gasteiger partial charge in [0.2, 0.25) is 5.91 Å². The lowest BCUT2D eigenvalue weighted by Crippen LogP contribution is -2.20. The summed E-state index contributed by atoms with van der Waals surface area (Å²) in [6.07, 6.45) is 2.96. The third-order valence-electron chi connectivity index (χ3n) is 3.54. The van der Waals surface area contributed by atoms with Crippen molar-refractivity contribution in [3.05, 3.63) is 68.2 Å². The fraction of sp³-hybridized carbons (Fsp3) is 0.167. The van der Waals surface area contributed by atoms with Crippen molar-refractivity contribution in [1.82, 2.24) is 5.32 Å². The average molecular weight is 421 g/mol. The maximum atomic E-state index is 12.0. The number of nitrogens with zero attached hydrogens (tertiary/aromatic N) is 1. The summed E-state index contributed by atoms with van der Waals surface area (Å²) in [5.41, 5.74) is 1.53. The van der Waals surface area contributed by atoms with Gasteiger partial charge < -0.3 is 14.8 Å². The van der Waals surface area contributed by atoms with Gasteiger partial charge in [0.05, 0.1) is 19.1 Å². The van der Waals surface area contributed by atoms with Crippen LogP contribution in [0.25, 0.3) is 6.08 Å². The van der Waals surface area contributed by atoms with E-state index in [2.05, 4.69) is 21.2 Å². The fourth-order valence-corrected chi connectivity index (χ4v) is 2.61. The summed E-state index contributed by atoms with van der Waals surface area (Å²) >= 11 is 3.44. The minimum atomic E-state index is -0.471. The van der Waals surface area contributed by atoms with Crippen molar-refractivity contribution < 1.29 is 19.2 Å². The first-order chi connectivity index (χ1) is 12.4. The van der Waals surface area contributed by atoms with E-state index in [9.17, 15) is 14.9 Å². The average Bonchev–Trinajstić information content (AvgIpc) is 2.65. The molecule has 0 aromatic heterocycles. The standard InChI is InChI=1S/C18H17BrN2O5/c1-25-16-9-13(15(19)10-17(16)26-2)11-20-18(22)8-5-12-3-6-14(7-4-12)21(23)24/h3-10H,11H2,1-2H3,(H,20,22). The van der Waals surface area contributed by atoms with Crippen LogP contribution in [-0.2, 0) is 11.3 Å². The predicted molar refractivity (Wildman–Crippen MR) is 101 cm³/mol. The molecule has 1 amide bonds. The number of non-ortho nitro benzene ring substituents is 1. The molecule has 0 saturated heterocycles. The second-order valence-electron chi connectivity index (χ2n) is 5.20. The molecule has 2 aromatic carbocycles. The molecule has 0 heterocycles. The minimum Gasteiger partial charge on any atom is -0.493 e. The van der Waals surface area contributed by atoms with E-state index >= 15 is 0 Å². The largest absolute Gasteiger partial charge is 0.493 e. The summed E-state index contributed by atoms with van der Waals surface area (Å²) in [5, 5.41) is 13.4. The summed E-state index contributed by atoms with van der Waals surface area (Å²) in [6.45, 7) is 0.296. The molecule has 136 valence electrons. The van der Waals surface area contributed by atoms with Crippen molar-refractivity contribution in [1.29, 1.82) is 0 Å². The normalized spacial score (nSPS) is 10.6. The van der Waals surface area contributed by atoms with Crippen LogP contribution >= 0.6 is 15.9 Å². The van der Waals surface area contributed by atoms with Gasteiger partial charge in [0.15, 0.2) is 11.5 Å². The third kappa shape index (κ3) is 5.06. The Labute approximate surface area is 158 Å². The third-order valence-corrected chi connectivity index (χ3v) is 4.27. The molecular weight excluding hydrogens is 404 g/mol. The van der Waals surface area contributed by atoms with Crippen LogP contribution in [0, 0.1) is 10.1 Å². The highest BCUT2D eigenvalue weighted by Gasteiger charge is 2.10. The molecule has 0 aliphatic carbocycles. The second kappa shape index (κ2) is 9.00. The topological polar surface area (TPSA) is 90.7 Å². The Morgan fingerprint density at radius 2 is 1.81 bits per heavy atom. The molecule has 26 heavy (non-hydrogen) atoms. The SMILES string of the molecule is COc1cc(Br)c(CNC(=O)C=Cc2ccc([N+](=O)[O-])cc2)cc1OC. The summed E-state index contributed by atoms with van der Waals surface area (Å²) < 4.78 is 11.2. The van der Waals surface area contributed by atoms with Gasteiger partial charge in [-0.05, 0) is 41.5 Å². The number of rotatable bonds is 7. The molecule has 0 atom stereocenters. The zero-order valence-corrected chi connectivity index (χ0v) is 15.8. The van der Waals surface area contributed by atoms with E-state index in [4.69, 9.17) is 9.47 Å². The van der Waals surface area contributed by atoms with Crippen LogP contribution in [0.1, 0.15) is 11.1 Å². The van der Waals surface area contributed by atoms with Crippen LogP contribution in [-0.4, -0.2) is 25.1 Å². The summed E-state index contributed by atoms with van der Waals surface area (Å²) in [6, 6.07) is 9.48. The van der Waals surface area contributed by atoms with Crippen LogP contribution in [0.3, 0.4) is 0 Å². The summed E-state index contributed by atoms with van der Waals surface area (Å²) in [7, 11) is 3.09. The first-order valence-corrected chi connectivity index (χ1v) is 8.34. The summed E-state index contributed by atoms with van der Waals surface area (Å²) in [4.78, 5) is 22.1. The lowest BCUT2D eigenvalue weighted by atomic mass is 10.2. The Hall–Kier alpha value is -2.87. The molecular formula is C18H17BrN2O5. The van der Waals surface area contributed by atoms with Crippen LogP contribution in [0.15, 0.2) is 46.9 Å². The Morgan fingerprint density at radius 3 is 2.38 bits per heavy atom. The number of halogens is 1. The number of nitro groups is 1. The number of amides is 1. The molecule has 7 nitrogen and oxygen atoms in total. The van der Waals surface area contributed by atoms with Gasteiger partial charge in [0, 0.05) is 29.2 Å². The predicted octanol–water partition coefficient (Wildman–Crippen LogP) is 3.70. The van der Waals surface area contributed by atoms with E-state index in [0.717, 1.165) is 10.0 Å². The van der Waals surface area contributed by atoms with Crippen LogP contribution in [0.4, 0.5) is 5.69 Å². The maximum Gasteiger partial charge on any atom is 0.269 e. The number of carbonyl (C=O) groups excluding carboxylic acids is 1.